The van der Waals surface area contributed by atoms with E-state index in [1.54, 1.807) is 12.1 Å². The van der Waals surface area contributed by atoms with Gasteiger partial charge in [0.1, 0.15) is 23.1 Å². The smallest absolute Gasteiger partial charge is 0.154 e. The van der Waals surface area contributed by atoms with Crippen LogP contribution in [0, 0.1) is 5.82 Å². The van der Waals surface area contributed by atoms with Crippen molar-refractivity contribution in [3.05, 3.63) is 72.2 Å². The predicted octanol–water partition coefficient (Wildman–Crippen LogP) is 4.16. The van der Waals surface area contributed by atoms with E-state index >= 15 is 0 Å². The van der Waals surface area contributed by atoms with Gasteiger partial charge in [-0.1, -0.05) is 18.2 Å². The van der Waals surface area contributed by atoms with Crippen molar-refractivity contribution in [1.82, 2.24) is 24.5 Å². The Morgan fingerprint density at radius 2 is 1.79 bits per heavy atom. The zero-order valence-corrected chi connectivity index (χ0v) is 22.2. The second-order valence-corrected chi connectivity index (χ2v) is 9.86. The first-order valence-electron chi connectivity index (χ1n) is 13.2. The van der Waals surface area contributed by atoms with Gasteiger partial charge in [0.05, 0.1) is 17.9 Å². The Labute approximate surface area is 228 Å². The molecule has 2 N–H and O–H groups in total. The number of piperazine rings is 1. The molecule has 8 nitrogen and oxygen atoms in total. The Morgan fingerprint density at radius 1 is 0.947 bits per heavy atom. The van der Waals surface area contributed by atoms with Crippen LogP contribution in [0.3, 0.4) is 0 Å². The number of hydrogen-bond acceptors (Lipinski definition) is 7. The Kier molecular flexibility index (Phi) is 8.06. The van der Waals surface area contributed by atoms with Crippen LogP contribution in [0.15, 0.2) is 60.8 Å². The highest BCUT2D eigenvalue weighted by atomic mass is 35.5. The standard InChI is InChI=1S/C28H33FN8.ClH/c29-22-6-1-5-21(19-22)24-8-3-14-36(24)28-11-10-26-31-20-25(37(26)33-28)23-7-2-9-27(32-23)35-17-15-34(16-18-35)13-4-12-30;/h1-2,5-7,9-11,19-20,24H,3-4,8,12-18,30H2;1H. The van der Waals surface area contributed by atoms with Crippen LogP contribution in [0.25, 0.3) is 17.0 Å². The van der Waals surface area contributed by atoms with Crippen LogP contribution in [0.5, 0.6) is 0 Å². The van der Waals surface area contributed by atoms with Crippen LogP contribution >= 0.6 is 12.4 Å². The van der Waals surface area contributed by atoms with Gasteiger partial charge in [-0.05, 0) is 74.3 Å². The molecule has 0 spiro atoms. The summed E-state index contributed by atoms with van der Waals surface area (Å²) in [4.78, 5) is 16.7. The summed E-state index contributed by atoms with van der Waals surface area (Å²) in [5, 5.41) is 4.99. The molecule has 2 aliphatic heterocycles. The van der Waals surface area contributed by atoms with Crippen molar-refractivity contribution in [1.29, 1.82) is 0 Å². The Balaban J connectivity index is 0.00000294. The van der Waals surface area contributed by atoms with E-state index in [2.05, 4.69) is 31.8 Å². The van der Waals surface area contributed by atoms with Crippen molar-refractivity contribution in [2.75, 3.05) is 55.6 Å². The van der Waals surface area contributed by atoms with Crippen LogP contribution in [-0.2, 0) is 0 Å². The summed E-state index contributed by atoms with van der Waals surface area (Å²) in [5.41, 5.74) is 9.15. The van der Waals surface area contributed by atoms with Crippen LogP contribution in [0.4, 0.5) is 16.0 Å². The molecule has 4 aromatic rings. The number of nitrogens with two attached hydrogens (primary N) is 1. The molecule has 38 heavy (non-hydrogen) atoms. The largest absolute Gasteiger partial charge is 0.354 e. The third-order valence-corrected chi connectivity index (χ3v) is 7.50. The number of fused-ring (bicyclic) bond motifs is 1. The molecular formula is C28H34ClFN8. The second kappa shape index (κ2) is 11.6. The lowest BCUT2D eigenvalue weighted by Gasteiger charge is -2.35. The highest BCUT2D eigenvalue weighted by Crippen LogP contribution is 2.35. The van der Waals surface area contributed by atoms with Crippen molar-refractivity contribution < 1.29 is 4.39 Å². The molecule has 0 amide bonds. The van der Waals surface area contributed by atoms with Gasteiger partial charge in [-0.3, -0.25) is 4.90 Å². The molecule has 0 aliphatic carbocycles. The van der Waals surface area contributed by atoms with E-state index in [0.717, 1.165) is 99.3 Å². The van der Waals surface area contributed by atoms with Crippen molar-refractivity contribution in [2.45, 2.75) is 25.3 Å². The number of aromatic nitrogens is 4. The van der Waals surface area contributed by atoms with Crippen LogP contribution in [0.1, 0.15) is 30.9 Å². The summed E-state index contributed by atoms with van der Waals surface area (Å²) in [7, 11) is 0. The first kappa shape index (κ1) is 26.3. The van der Waals surface area contributed by atoms with Crippen LogP contribution in [-0.4, -0.2) is 70.3 Å². The molecule has 3 aromatic heterocycles. The first-order valence-corrected chi connectivity index (χ1v) is 13.2. The third kappa shape index (κ3) is 5.32. The van der Waals surface area contributed by atoms with E-state index in [9.17, 15) is 4.39 Å². The molecule has 2 aliphatic rings. The fraction of sp³-hybridized carbons (Fsp3) is 0.393. The number of imidazole rings is 1. The van der Waals surface area contributed by atoms with Crippen molar-refractivity contribution in [3.63, 3.8) is 0 Å². The van der Waals surface area contributed by atoms with E-state index in [1.807, 2.05) is 35.0 Å². The lowest BCUT2D eigenvalue weighted by atomic mass is 10.0. The quantitative estimate of drug-likeness (QED) is 0.380. The monoisotopic (exact) mass is 536 g/mol. The number of anilines is 2. The summed E-state index contributed by atoms with van der Waals surface area (Å²) >= 11 is 0. The van der Waals surface area contributed by atoms with E-state index in [0.29, 0.717) is 0 Å². The first-order chi connectivity index (χ1) is 18.2. The molecule has 0 saturated carbocycles. The highest BCUT2D eigenvalue weighted by molar-refractivity contribution is 5.85. The number of halogens is 2. The fourth-order valence-corrected chi connectivity index (χ4v) is 5.55. The SMILES string of the molecule is Cl.NCCCN1CCN(c2cccc(-c3cnc4ccc(N5CCCC5c5cccc(F)c5)nn34)n2)CC1. The molecule has 0 bridgehead atoms. The average Bonchev–Trinajstić information content (AvgIpc) is 3.60. The maximum absolute atomic E-state index is 13.9. The molecule has 1 aromatic carbocycles. The number of nitrogens with zero attached hydrogens (tertiary/aromatic N) is 7. The van der Waals surface area contributed by atoms with Crippen molar-refractivity contribution in [3.8, 4) is 11.4 Å². The van der Waals surface area contributed by atoms with Crippen LogP contribution in [0.2, 0.25) is 0 Å². The fourth-order valence-electron chi connectivity index (χ4n) is 5.55. The van der Waals surface area contributed by atoms with Gasteiger partial charge in [0.2, 0.25) is 0 Å². The second-order valence-electron chi connectivity index (χ2n) is 9.86. The van der Waals surface area contributed by atoms with Gasteiger partial charge in [-0.2, -0.15) is 0 Å². The number of hydrogen-bond donors (Lipinski definition) is 1. The van der Waals surface area contributed by atoms with Crippen molar-refractivity contribution >= 4 is 29.7 Å². The molecule has 6 rings (SSSR count). The zero-order chi connectivity index (χ0) is 25.2. The van der Waals surface area contributed by atoms with E-state index < -0.39 is 0 Å². The number of pyridine rings is 1. The Bertz CT molecular complexity index is 1370. The Morgan fingerprint density at radius 3 is 2.61 bits per heavy atom. The molecular weight excluding hydrogens is 503 g/mol. The topological polar surface area (TPSA) is 78.8 Å². The molecule has 0 radical (unpaired) electrons. The summed E-state index contributed by atoms with van der Waals surface area (Å²) in [6.07, 6.45) is 4.90. The van der Waals surface area contributed by atoms with Crippen molar-refractivity contribution in [2.24, 2.45) is 5.73 Å². The van der Waals surface area contributed by atoms with Crippen LogP contribution < -0.4 is 15.5 Å². The minimum Gasteiger partial charge on any atom is -0.354 e. The normalized spacial score (nSPS) is 18.2. The minimum absolute atomic E-state index is 0. The zero-order valence-electron chi connectivity index (χ0n) is 21.4. The lowest BCUT2D eigenvalue weighted by molar-refractivity contribution is 0.256. The summed E-state index contributed by atoms with van der Waals surface area (Å²) in [6, 6.07) is 17.2. The van der Waals surface area contributed by atoms with Gasteiger partial charge in [-0.15, -0.1) is 17.5 Å². The van der Waals surface area contributed by atoms with E-state index in [-0.39, 0.29) is 24.3 Å². The maximum atomic E-state index is 13.9. The molecule has 200 valence electrons. The number of rotatable bonds is 7. The Hall–Kier alpha value is -3.27. The predicted molar refractivity (Wildman–Crippen MR) is 152 cm³/mol. The van der Waals surface area contributed by atoms with Gasteiger partial charge in [0, 0.05) is 32.7 Å². The van der Waals surface area contributed by atoms with Gasteiger partial charge in [0.15, 0.2) is 5.65 Å². The molecule has 5 heterocycles. The number of benzene rings is 1. The third-order valence-electron chi connectivity index (χ3n) is 7.50. The summed E-state index contributed by atoms with van der Waals surface area (Å²) < 4.78 is 15.8. The summed E-state index contributed by atoms with van der Waals surface area (Å²) in [5.74, 6) is 1.64. The van der Waals surface area contributed by atoms with Gasteiger partial charge >= 0.3 is 0 Å². The van der Waals surface area contributed by atoms with E-state index in [4.69, 9.17) is 15.8 Å². The van der Waals surface area contributed by atoms with Gasteiger partial charge < -0.3 is 15.5 Å². The van der Waals surface area contributed by atoms with Gasteiger partial charge in [-0.25, -0.2) is 18.9 Å². The molecule has 1 atom stereocenters. The highest BCUT2D eigenvalue weighted by Gasteiger charge is 2.28. The van der Waals surface area contributed by atoms with Gasteiger partial charge in [0.25, 0.3) is 0 Å². The molecule has 1 unspecified atom stereocenters. The van der Waals surface area contributed by atoms with E-state index in [1.165, 1.54) is 6.07 Å². The molecule has 2 fully saturated rings. The molecule has 10 heteroatoms. The molecule has 2 saturated heterocycles. The average molecular weight is 537 g/mol. The lowest BCUT2D eigenvalue weighted by Crippen LogP contribution is -2.47. The minimum atomic E-state index is -0.201. The maximum Gasteiger partial charge on any atom is 0.154 e. The summed E-state index contributed by atoms with van der Waals surface area (Å²) in [6.45, 7) is 6.63.